The maximum atomic E-state index is 10.8. The van der Waals surface area contributed by atoms with Crippen LogP contribution in [-0.4, -0.2) is 36.9 Å². The Kier molecular flexibility index (Phi) is 6.42. The van der Waals surface area contributed by atoms with Crippen molar-refractivity contribution in [1.82, 2.24) is 5.32 Å². The van der Waals surface area contributed by atoms with Gasteiger partial charge in [-0.2, -0.15) is 0 Å². The van der Waals surface area contributed by atoms with Gasteiger partial charge in [0, 0.05) is 19.7 Å². The van der Waals surface area contributed by atoms with E-state index >= 15 is 0 Å². The Morgan fingerprint density at radius 3 is 2.88 bits per heavy atom. The van der Waals surface area contributed by atoms with E-state index in [4.69, 9.17) is 9.84 Å². The molecule has 0 aromatic heterocycles. The molecule has 1 heterocycles. The standard InChI is InChI=1S/C12H23NO3/c1-2-3-4-5-6-16-11-7-10(12(14)15)8-13-9-11/h10-11,13H,2-9H2,1H3,(H,14,15). The highest BCUT2D eigenvalue weighted by Gasteiger charge is 2.26. The molecule has 1 saturated heterocycles. The van der Waals surface area contributed by atoms with Crippen LogP contribution in [-0.2, 0) is 9.53 Å². The molecule has 0 spiro atoms. The lowest BCUT2D eigenvalue weighted by atomic mass is 9.98. The zero-order valence-corrected chi connectivity index (χ0v) is 10.1. The second kappa shape index (κ2) is 7.63. The topological polar surface area (TPSA) is 58.6 Å². The van der Waals surface area contributed by atoms with Crippen LogP contribution in [0, 0.1) is 5.92 Å². The van der Waals surface area contributed by atoms with Crippen molar-refractivity contribution in [3.8, 4) is 0 Å². The van der Waals surface area contributed by atoms with Crippen LogP contribution >= 0.6 is 0 Å². The largest absolute Gasteiger partial charge is 0.481 e. The summed E-state index contributed by atoms with van der Waals surface area (Å²) in [5, 5.41) is 12.0. The predicted octanol–water partition coefficient (Wildman–Crippen LogP) is 1.65. The van der Waals surface area contributed by atoms with E-state index < -0.39 is 5.97 Å². The molecule has 0 saturated carbocycles. The number of aliphatic carboxylic acids is 1. The van der Waals surface area contributed by atoms with Gasteiger partial charge in [0.2, 0.25) is 0 Å². The van der Waals surface area contributed by atoms with Crippen molar-refractivity contribution in [3.05, 3.63) is 0 Å². The molecule has 1 aliphatic heterocycles. The number of rotatable bonds is 7. The van der Waals surface area contributed by atoms with E-state index in [1.807, 2.05) is 0 Å². The fourth-order valence-electron chi connectivity index (χ4n) is 2.00. The first-order valence-electron chi connectivity index (χ1n) is 6.29. The van der Waals surface area contributed by atoms with Gasteiger partial charge in [0.05, 0.1) is 12.0 Å². The van der Waals surface area contributed by atoms with Gasteiger partial charge in [-0.25, -0.2) is 0 Å². The molecular formula is C12H23NO3. The summed E-state index contributed by atoms with van der Waals surface area (Å²) < 4.78 is 5.68. The van der Waals surface area contributed by atoms with Crippen LogP contribution < -0.4 is 5.32 Å². The summed E-state index contributed by atoms with van der Waals surface area (Å²) >= 11 is 0. The van der Waals surface area contributed by atoms with Gasteiger partial charge in [-0.1, -0.05) is 26.2 Å². The monoisotopic (exact) mass is 229 g/mol. The van der Waals surface area contributed by atoms with Gasteiger partial charge in [0.25, 0.3) is 0 Å². The van der Waals surface area contributed by atoms with E-state index in [-0.39, 0.29) is 12.0 Å². The molecule has 2 N–H and O–H groups in total. The molecule has 1 aliphatic rings. The molecule has 4 nitrogen and oxygen atoms in total. The molecule has 94 valence electrons. The molecule has 1 fully saturated rings. The molecular weight excluding hydrogens is 206 g/mol. The van der Waals surface area contributed by atoms with Crippen molar-refractivity contribution in [2.75, 3.05) is 19.7 Å². The highest BCUT2D eigenvalue weighted by atomic mass is 16.5. The van der Waals surface area contributed by atoms with E-state index in [0.29, 0.717) is 13.0 Å². The van der Waals surface area contributed by atoms with Crippen LogP contribution in [0.2, 0.25) is 0 Å². The first-order valence-corrected chi connectivity index (χ1v) is 6.29. The van der Waals surface area contributed by atoms with Gasteiger partial charge < -0.3 is 15.2 Å². The first kappa shape index (κ1) is 13.5. The third kappa shape index (κ3) is 4.94. The Morgan fingerprint density at radius 2 is 2.19 bits per heavy atom. The lowest BCUT2D eigenvalue weighted by molar-refractivity contribution is -0.144. The normalized spacial score (nSPS) is 25.6. The number of nitrogens with one attached hydrogen (secondary N) is 1. The Bertz CT molecular complexity index is 208. The van der Waals surface area contributed by atoms with Gasteiger partial charge >= 0.3 is 5.97 Å². The lowest BCUT2D eigenvalue weighted by Gasteiger charge is -2.27. The van der Waals surface area contributed by atoms with Crippen LogP contribution in [0.1, 0.15) is 39.0 Å². The zero-order chi connectivity index (χ0) is 11.8. The molecule has 2 atom stereocenters. The third-order valence-corrected chi connectivity index (χ3v) is 3.01. The van der Waals surface area contributed by atoms with E-state index in [1.165, 1.54) is 19.3 Å². The third-order valence-electron chi connectivity index (χ3n) is 3.01. The number of hydrogen-bond acceptors (Lipinski definition) is 3. The van der Waals surface area contributed by atoms with Crippen LogP contribution in [0.4, 0.5) is 0 Å². The van der Waals surface area contributed by atoms with Crippen molar-refractivity contribution >= 4 is 5.97 Å². The SMILES string of the molecule is CCCCCCOC1CNCC(C(=O)O)C1. The second-order valence-electron chi connectivity index (χ2n) is 4.48. The average Bonchev–Trinajstić information content (AvgIpc) is 2.29. The molecule has 0 radical (unpaired) electrons. The van der Waals surface area contributed by atoms with Crippen molar-refractivity contribution < 1.29 is 14.6 Å². The van der Waals surface area contributed by atoms with Crippen molar-refractivity contribution in [2.45, 2.75) is 45.1 Å². The number of carbonyl (C=O) groups is 1. The van der Waals surface area contributed by atoms with Gasteiger partial charge in [-0.3, -0.25) is 4.79 Å². The van der Waals surface area contributed by atoms with Crippen LogP contribution in [0.15, 0.2) is 0 Å². The number of unbranched alkanes of at least 4 members (excludes halogenated alkanes) is 3. The molecule has 0 aliphatic carbocycles. The molecule has 0 aromatic rings. The predicted molar refractivity (Wildman–Crippen MR) is 62.5 cm³/mol. The van der Waals surface area contributed by atoms with Crippen LogP contribution in [0.25, 0.3) is 0 Å². The highest BCUT2D eigenvalue weighted by Crippen LogP contribution is 2.14. The maximum absolute atomic E-state index is 10.8. The number of carboxylic acid groups (broad SMARTS) is 1. The van der Waals surface area contributed by atoms with Gasteiger partial charge in [-0.05, 0) is 12.8 Å². The number of piperidine rings is 1. The summed E-state index contributed by atoms with van der Waals surface area (Å²) in [6, 6.07) is 0. The average molecular weight is 229 g/mol. The number of ether oxygens (including phenoxy) is 1. The Morgan fingerprint density at radius 1 is 1.38 bits per heavy atom. The molecule has 0 bridgehead atoms. The minimum absolute atomic E-state index is 0.0801. The van der Waals surface area contributed by atoms with E-state index in [1.54, 1.807) is 0 Å². The zero-order valence-electron chi connectivity index (χ0n) is 10.1. The van der Waals surface area contributed by atoms with Gasteiger partial charge in [0.15, 0.2) is 0 Å². The molecule has 1 rings (SSSR count). The van der Waals surface area contributed by atoms with Crippen molar-refractivity contribution in [2.24, 2.45) is 5.92 Å². The minimum atomic E-state index is -0.716. The first-order chi connectivity index (χ1) is 7.74. The van der Waals surface area contributed by atoms with Crippen molar-refractivity contribution in [1.29, 1.82) is 0 Å². The van der Waals surface area contributed by atoms with E-state index in [9.17, 15) is 4.79 Å². The van der Waals surface area contributed by atoms with E-state index in [0.717, 1.165) is 19.6 Å². The Labute approximate surface area is 97.4 Å². The quantitative estimate of drug-likeness (QED) is 0.652. The van der Waals surface area contributed by atoms with Gasteiger partial charge in [-0.15, -0.1) is 0 Å². The van der Waals surface area contributed by atoms with E-state index in [2.05, 4.69) is 12.2 Å². The summed E-state index contributed by atoms with van der Waals surface area (Å²) in [4.78, 5) is 10.8. The van der Waals surface area contributed by atoms with Crippen LogP contribution in [0.5, 0.6) is 0 Å². The fraction of sp³-hybridized carbons (Fsp3) is 0.917. The Hall–Kier alpha value is -0.610. The summed E-state index contributed by atoms with van der Waals surface area (Å²) in [5.74, 6) is -0.999. The van der Waals surface area contributed by atoms with Crippen LogP contribution in [0.3, 0.4) is 0 Å². The summed E-state index contributed by atoms with van der Waals surface area (Å²) in [6.45, 7) is 4.31. The lowest BCUT2D eigenvalue weighted by Crippen LogP contribution is -2.43. The molecule has 2 unspecified atom stereocenters. The second-order valence-corrected chi connectivity index (χ2v) is 4.48. The molecule has 16 heavy (non-hydrogen) atoms. The number of carboxylic acids is 1. The summed E-state index contributed by atoms with van der Waals surface area (Å²) in [7, 11) is 0. The smallest absolute Gasteiger partial charge is 0.307 e. The van der Waals surface area contributed by atoms with Crippen molar-refractivity contribution in [3.63, 3.8) is 0 Å². The summed E-state index contributed by atoms with van der Waals surface area (Å²) in [5.41, 5.74) is 0. The maximum Gasteiger partial charge on any atom is 0.307 e. The molecule has 4 heteroatoms. The Balaban J connectivity index is 2.10. The highest BCUT2D eigenvalue weighted by molar-refractivity contribution is 5.70. The molecule has 0 aromatic carbocycles. The number of hydrogen-bond donors (Lipinski definition) is 2. The molecule has 0 amide bonds. The minimum Gasteiger partial charge on any atom is -0.481 e. The van der Waals surface area contributed by atoms with Gasteiger partial charge in [0.1, 0.15) is 0 Å². The fourth-order valence-corrected chi connectivity index (χ4v) is 2.00. The summed E-state index contributed by atoms with van der Waals surface area (Å²) in [6.07, 6.45) is 5.50.